The van der Waals surface area contributed by atoms with Crippen molar-refractivity contribution in [3.63, 3.8) is 0 Å². The number of rotatable bonds is 8. The fourth-order valence-corrected chi connectivity index (χ4v) is 6.78. The van der Waals surface area contributed by atoms with Crippen LogP contribution in [0.15, 0.2) is 113 Å². The number of hydrogen-bond donors (Lipinski definition) is 3. The Morgan fingerprint density at radius 2 is 1.50 bits per heavy atom. The van der Waals surface area contributed by atoms with E-state index in [0.29, 0.717) is 17.3 Å². The summed E-state index contributed by atoms with van der Waals surface area (Å²) in [7, 11) is -1.99. The van der Waals surface area contributed by atoms with Crippen molar-refractivity contribution < 1.29 is 13.5 Å². The van der Waals surface area contributed by atoms with Crippen molar-refractivity contribution in [2.45, 2.75) is 24.2 Å². The molecule has 0 aliphatic carbocycles. The molecule has 3 N–H and O–H groups in total. The summed E-state index contributed by atoms with van der Waals surface area (Å²) in [5.74, 6) is -0.698. The Morgan fingerprint density at radius 1 is 0.857 bits per heavy atom. The van der Waals surface area contributed by atoms with Crippen LogP contribution in [0.5, 0.6) is 5.75 Å². The zero-order chi connectivity index (χ0) is 29.4. The molecular formula is C34H31N3O4S. The molecule has 0 saturated carbocycles. The molecule has 1 unspecified atom stereocenters. The average molecular weight is 578 g/mol. The van der Waals surface area contributed by atoms with E-state index in [0.717, 1.165) is 33.3 Å². The molecule has 212 valence electrons. The number of aromatic hydroxyl groups is 1. The molecule has 0 bridgehead atoms. The van der Waals surface area contributed by atoms with Crippen molar-refractivity contribution in [3.05, 3.63) is 141 Å². The van der Waals surface area contributed by atoms with Crippen molar-refractivity contribution in [3.8, 4) is 5.75 Å². The predicted octanol–water partition coefficient (Wildman–Crippen LogP) is 5.74. The van der Waals surface area contributed by atoms with Crippen LogP contribution < -0.4 is 10.3 Å². The van der Waals surface area contributed by atoms with Crippen molar-refractivity contribution >= 4 is 31.8 Å². The Morgan fingerprint density at radius 3 is 2.24 bits per heavy atom. The van der Waals surface area contributed by atoms with Gasteiger partial charge in [0.15, 0.2) is 0 Å². The minimum absolute atomic E-state index is 0.0614. The summed E-state index contributed by atoms with van der Waals surface area (Å²) in [6.07, 6.45) is 0.364. The number of benzene rings is 4. The molecule has 2 heterocycles. The van der Waals surface area contributed by atoms with Crippen LogP contribution in [0.3, 0.4) is 0 Å². The summed E-state index contributed by atoms with van der Waals surface area (Å²) >= 11 is 0. The molecule has 0 saturated heterocycles. The zero-order valence-electron chi connectivity index (χ0n) is 23.3. The van der Waals surface area contributed by atoms with Crippen molar-refractivity contribution in [2.75, 3.05) is 6.54 Å². The number of fused-ring (bicyclic) bond motifs is 2. The van der Waals surface area contributed by atoms with Crippen LogP contribution in [-0.2, 0) is 23.5 Å². The zero-order valence-corrected chi connectivity index (χ0v) is 24.2. The Labute approximate surface area is 244 Å². The first kappa shape index (κ1) is 27.5. The maximum Gasteiger partial charge on any atom is 0.258 e. The highest BCUT2D eigenvalue weighted by Gasteiger charge is 2.30. The van der Waals surface area contributed by atoms with E-state index in [1.165, 1.54) is 0 Å². The molecular weight excluding hydrogens is 546 g/mol. The van der Waals surface area contributed by atoms with Gasteiger partial charge >= 0.3 is 0 Å². The highest BCUT2D eigenvalue weighted by molar-refractivity contribution is 7.89. The predicted molar refractivity (Wildman–Crippen MR) is 167 cm³/mol. The number of nitrogens with zero attached hydrogens (tertiary/aromatic N) is 1. The SMILES string of the molecule is Cc1ccc(C(c2[nH]c3ccccc3c2CCNS(=O)(=O)c2ccccc2)c2c(O)c3ccccc3n(C)c2=O)cc1. The normalized spacial score (nSPS) is 12.6. The minimum atomic E-state index is -3.71. The quantitative estimate of drug-likeness (QED) is 0.215. The second-order valence-electron chi connectivity index (χ2n) is 10.5. The fourth-order valence-electron chi connectivity index (χ4n) is 5.73. The lowest BCUT2D eigenvalue weighted by atomic mass is 9.85. The van der Waals surface area contributed by atoms with E-state index in [2.05, 4.69) is 9.71 Å². The van der Waals surface area contributed by atoms with E-state index in [1.54, 1.807) is 41.9 Å². The molecule has 0 amide bonds. The average Bonchev–Trinajstić information content (AvgIpc) is 3.37. The second-order valence-corrected chi connectivity index (χ2v) is 12.3. The van der Waals surface area contributed by atoms with Gasteiger partial charge in [0.25, 0.3) is 5.56 Å². The third kappa shape index (κ3) is 4.89. The monoisotopic (exact) mass is 577 g/mol. The number of aromatic amines is 1. The molecule has 1 atom stereocenters. The van der Waals surface area contributed by atoms with Crippen molar-refractivity contribution in [1.29, 1.82) is 0 Å². The first-order chi connectivity index (χ1) is 20.3. The van der Waals surface area contributed by atoms with Crippen LogP contribution in [0, 0.1) is 6.92 Å². The van der Waals surface area contributed by atoms with Crippen LogP contribution in [0.25, 0.3) is 21.8 Å². The Balaban J connectivity index is 1.53. The molecule has 0 aliphatic rings. The lowest BCUT2D eigenvalue weighted by molar-refractivity contribution is 0.470. The Bertz CT molecular complexity index is 2080. The van der Waals surface area contributed by atoms with Gasteiger partial charge in [-0.15, -0.1) is 0 Å². The molecule has 6 aromatic rings. The van der Waals surface area contributed by atoms with Crippen LogP contribution >= 0.6 is 0 Å². The van der Waals surface area contributed by atoms with E-state index in [4.69, 9.17) is 0 Å². The summed E-state index contributed by atoms with van der Waals surface area (Å²) in [4.78, 5) is 17.7. The second kappa shape index (κ2) is 11.0. The van der Waals surface area contributed by atoms with E-state index >= 15 is 0 Å². The molecule has 42 heavy (non-hydrogen) atoms. The maximum absolute atomic E-state index is 14.0. The van der Waals surface area contributed by atoms with Crippen LogP contribution in [0.4, 0.5) is 0 Å². The van der Waals surface area contributed by atoms with Crippen LogP contribution in [0.1, 0.15) is 33.9 Å². The van der Waals surface area contributed by atoms with Crippen molar-refractivity contribution in [1.82, 2.24) is 14.3 Å². The van der Waals surface area contributed by atoms with Gasteiger partial charge in [-0.05, 0) is 54.8 Å². The smallest absolute Gasteiger partial charge is 0.258 e. The number of hydrogen-bond acceptors (Lipinski definition) is 4. The van der Waals surface area contributed by atoms with Gasteiger partial charge in [-0.2, -0.15) is 0 Å². The van der Waals surface area contributed by atoms with E-state index in [-0.39, 0.29) is 28.3 Å². The Kier molecular flexibility index (Phi) is 7.18. The molecule has 0 radical (unpaired) electrons. The van der Waals surface area contributed by atoms with Crippen LogP contribution in [-0.4, -0.2) is 29.6 Å². The first-order valence-corrected chi connectivity index (χ1v) is 15.3. The highest BCUT2D eigenvalue weighted by Crippen LogP contribution is 2.41. The van der Waals surface area contributed by atoms with Gasteiger partial charge < -0.3 is 14.7 Å². The summed E-state index contributed by atoms with van der Waals surface area (Å²) in [5.41, 5.74) is 4.98. The van der Waals surface area contributed by atoms with E-state index in [9.17, 15) is 18.3 Å². The standard InChI is InChI=1S/C34H31N3O4S/c1-22-16-18-23(19-17-22)30(31-33(38)27-13-7-9-15-29(27)37(2)34(31)39)32-26(25-12-6-8-14-28(25)36-32)20-21-35-42(40,41)24-10-4-3-5-11-24/h3-19,30,35-36,38H,20-21H2,1-2H3. The summed E-state index contributed by atoms with van der Waals surface area (Å²) in [5, 5.41) is 13.2. The molecule has 7 nitrogen and oxygen atoms in total. The number of aryl methyl sites for hydroxylation is 2. The maximum atomic E-state index is 14.0. The number of pyridine rings is 1. The number of aromatic nitrogens is 2. The lowest BCUT2D eigenvalue weighted by Gasteiger charge is -2.22. The summed E-state index contributed by atoms with van der Waals surface area (Å²) in [6.45, 7) is 2.15. The van der Waals surface area contributed by atoms with Gasteiger partial charge in [0, 0.05) is 35.6 Å². The lowest BCUT2D eigenvalue weighted by Crippen LogP contribution is -2.27. The molecule has 0 spiro atoms. The molecule has 8 heteroatoms. The van der Waals surface area contributed by atoms with Gasteiger partial charge in [-0.3, -0.25) is 4.79 Å². The number of H-pyrrole nitrogens is 1. The van der Waals surface area contributed by atoms with Crippen molar-refractivity contribution in [2.24, 2.45) is 7.05 Å². The largest absolute Gasteiger partial charge is 0.507 e. The van der Waals surface area contributed by atoms with Gasteiger partial charge in [0.2, 0.25) is 10.0 Å². The topological polar surface area (TPSA) is 104 Å². The molecule has 0 fully saturated rings. The van der Waals surface area contributed by atoms with E-state index in [1.807, 2.05) is 79.7 Å². The van der Waals surface area contributed by atoms with Crippen LogP contribution in [0.2, 0.25) is 0 Å². The highest BCUT2D eigenvalue weighted by atomic mass is 32.2. The molecule has 4 aromatic carbocycles. The Hall–Kier alpha value is -4.66. The van der Waals surface area contributed by atoms with E-state index < -0.39 is 15.9 Å². The van der Waals surface area contributed by atoms with Gasteiger partial charge in [0.05, 0.1) is 21.9 Å². The first-order valence-electron chi connectivity index (χ1n) is 13.8. The molecule has 0 aliphatic heterocycles. The number of para-hydroxylation sites is 2. The van der Waals surface area contributed by atoms with Gasteiger partial charge in [-0.25, -0.2) is 13.1 Å². The summed E-state index contributed by atoms with van der Waals surface area (Å²) < 4.78 is 30.2. The number of nitrogens with one attached hydrogen (secondary N) is 2. The molecule has 6 rings (SSSR count). The van der Waals surface area contributed by atoms with Gasteiger partial charge in [0.1, 0.15) is 5.75 Å². The fraction of sp³-hybridized carbons (Fsp3) is 0.147. The third-order valence-corrected chi connectivity index (χ3v) is 9.34. The van der Waals surface area contributed by atoms with Gasteiger partial charge in [-0.1, -0.05) is 78.4 Å². The molecule has 2 aromatic heterocycles. The minimum Gasteiger partial charge on any atom is -0.507 e. The summed E-state index contributed by atoms with van der Waals surface area (Å²) in [6, 6.07) is 31.3. The number of sulfonamides is 1. The third-order valence-electron chi connectivity index (χ3n) is 7.87.